The molecule has 1 unspecified atom stereocenters. The molecule has 24 heavy (non-hydrogen) atoms. The van der Waals surface area contributed by atoms with E-state index in [-0.39, 0.29) is 28.7 Å². The van der Waals surface area contributed by atoms with E-state index in [1.165, 1.54) is 5.56 Å². The highest BCUT2D eigenvalue weighted by molar-refractivity contribution is 14.0. The minimum atomic E-state index is 0. The van der Waals surface area contributed by atoms with E-state index < -0.39 is 0 Å². The van der Waals surface area contributed by atoms with Crippen molar-refractivity contribution >= 4 is 41.7 Å². The van der Waals surface area contributed by atoms with Crippen LogP contribution < -0.4 is 10.6 Å². The van der Waals surface area contributed by atoms with Gasteiger partial charge in [-0.3, -0.25) is 4.99 Å². The summed E-state index contributed by atoms with van der Waals surface area (Å²) in [6.45, 7) is 6.21. The second kappa shape index (κ2) is 12.0. The van der Waals surface area contributed by atoms with E-state index in [1.807, 2.05) is 18.8 Å². The van der Waals surface area contributed by atoms with Gasteiger partial charge < -0.3 is 15.5 Å². The number of hydrogen-bond donors (Lipinski definition) is 2. The Labute approximate surface area is 169 Å². The lowest BCUT2D eigenvalue weighted by Gasteiger charge is -2.27. The van der Waals surface area contributed by atoms with Crippen molar-refractivity contribution in [3.8, 4) is 0 Å². The quantitative estimate of drug-likeness (QED) is 0.353. The molecule has 0 aromatic heterocycles. The summed E-state index contributed by atoms with van der Waals surface area (Å²) in [5, 5.41) is 6.87. The number of rotatable bonds is 8. The van der Waals surface area contributed by atoms with Crippen LogP contribution in [0.4, 0.5) is 0 Å². The van der Waals surface area contributed by atoms with Crippen LogP contribution in [0.1, 0.15) is 19.4 Å². The van der Waals surface area contributed by atoms with Crippen LogP contribution in [0.2, 0.25) is 0 Å². The van der Waals surface area contributed by atoms with Gasteiger partial charge in [0.1, 0.15) is 0 Å². The molecular formula is C18H33IN4S. The number of halogens is 1. The van der Waals surface area contributed by atoms with Crippen molar-refractivity contribution in [3.63, 3.8) is 0 Å². The number of hydrogen-bond acceptors (Lipinski definition) is 3. The summed E-state index contributed by atoms with van der Waals surface area (Å²) in [4.78, 5) is 6.59. The highest BCUT2D eigenvalue weighted by Gasteiger charge is 2.17. The van der Waals surface area contributed by atoms with Gasteiger partial charge in [-0.2, -0.15) is 11.8 Å². The molecule has 6 heteroatoms. The standard InChI is InChI=1S/C18H32N4S.HI/c1-18(2,23-6)14-21-17(19-3)20-13-16(22(4)5)12-15-10-8-7-9-11-15;/h7-11,16H,12-14H2,1-6H3,(H2,19,20,21);1H. The number of thioether (sulfide) groups is 1. The monoisotopic (exact) mass is 464 g/mol. The summed E-state index contributed by atoms with van der Waals surface area (Å²) in [6, 6.07) is 11.0. The van der Waals surface area contributed by atoms with Gasteiger partial charge in [-0.25, -0.2) is 0 Å². The Balaban J connectivity index is 0.00000529. The Morgan fingerprint density at radius 3 is 2.33 bits per heavy atom. The zero-order valence-electron chi connectivity index (χ0n) is 15.8. The summed E-state index contributed by atoms with van der Waals surface area (Å²) < 4.78 is 0.197. The first-order valence-corrected chi connectivity index (χ1v) is 9.30. The summed E-state index contributed by atoms with van der Waals surface area (Å²) in [5.74, 6) is 0.868. The van der Waals surface area contributed by atoms with Crippen LogP contribution in [0.15, 0.2) is 35.3 Å². The fourth-order valence-electron chi connectivity index (χ4n) is 2.13. The Morgan fingerprint density at radius 2 is 1.83 bits per heavy atom. The maximum atomic E-state index is 4.33. The lowest BCUT2D eigenvalue weighted by molar-refractivity contribution is 0.290. The van der Waals surface area contributed by atoms with Crippen LogP contribution in [0.5, 0.6) is 0 Å². The first-order chi connectivity index (χ1) is 10.9. The van der Waals surface area contributed by atoms with Crippen molar-refractivity contribution in [3.05, 3.63) is 35.9 Å². The van der Waals surface area contributed by atoms with E-state index in [1.54, 1.807) is 0 Å². The van der Waals surface area contributed by atoms with Crippen LogP contribution >= 0.6 is 35.7 Å². The SMILES string of the molecule is CN=C(NCC(Cc1ccccc1)N(C)C)NCC(C)(C)SC.I. The van der Waals surface area contributed by atoms with Crippen molar-refractivity contribution in [2.75, 3.05) is 40.5 Å². The topological polar surface area (TPSA) is 39.7 Å². The number of guanidine groups is 1. The highest BCUT2D eigenvalue weighted by atomic mass is 127. The zero-order chi connectivity index (χ0) is 17.3. The van der Waals surface area contributed by atoms with Crippen molar-refractivity contribution in [1.82, 2.24) is 15.5 Å². The minimum Gasteiger partial charge on any atom is -0.355 e. The third-order valence-corrected chi connectivity index (χ3v) is 5.26. The molecule has 4 nitrogen and oxygen atoms in total. The van der Waals surface area contributed by atoms with E-state index in [0.29, 0.717) is 6.04 Å². The molecule has 1 aromatic rings. The van der Waals surface area contributed by atoms with Gasteiger partial charge in [0.25, 0.3) is 0 Å². The molecule has 0 aliphatic rings. The molecule has 0 saturated heterocycles. The second-order valence-corrected chi connectivity index (χ2v) is 8.09. The van der Waals surface area contributed by atoms with Gasteiger partial charge in [-0.05, 0) is 46.2 Å². The molecule has 138 valence electrons. The van der Waals surface area contributed by atoms with Crippen LogP contribution in [0.25, 0.3) is 0 Å². The Kier molecular flexibility index (Phi) is 11.7. The Hall–Kier alpha value is -0.470. The van der Waals surface area contributed by atoms with Crippen molar-refractivity contribution in [2.45, 2.75) is 31.1 Å². The fraction of sp³-hybridized carbons (Fsp3) is 0.611. The van der Waals surface area contributed by atoms with Crippen molar-refractivity contribution in [2.24, 2.45) is 4.99 Å². The van der Waals surface area contributed by atoms with Gasteiger partial charge in [-0.1, -0.05) is 30.3 Å². The molecular weight excluding hydrogens is 431 g/mol. The molecule has 0 radical (unpaired) electrons. The predicted octanol–water partition coefficient (Wildman–Crippen LogP) is 3.08. The number of nitrogens with one attached hydrogen (secondary N) is 2. The molecule has 0 aliphatic carbocycles. The average molecular weight is 464 g/mol. The lowest BCUT2D eigenvalue weighted by Crippen LogP contribution is -2.48. The largest absolute Gasteiger partial charge is 0.355 e. The maximum absolute atomic E-state index is 4.33. The van der Waals surface area contributed by atoms with Crippen LogP contribution in [0.3, 0.4) is 0 Å². The maximum Gasteiger partial charge on any atom is 0.191 e. The first-order valence-electron chi connectivity index (χ1n) is 8.08. The van der Waals surface area contributed by atoms with E-state index in [0.717, 1.165) is 25.5 Å². The van der Waals surface area contributed by atoms with E-state index in [4.69, 9.17) is 0 Å². The molecule has 1 aromatic carbocycles. The molecule has 1 rings (SSSR count). The first kappa shape index (κ1) is 23.5. The van der Waals surface area contributed by atoms with Gasteiger partial charge in [0.15, 0.2) is 5.96 Å². The Bertz CT molecular complexity index is 477. The number of likely N-dealkylation sites (N-methyl/N-ethyl adjacent to an activating group) is 1. The van der Waals surface area contributed by atoms with E-state index >= 15 is 0 Å². The summed E-state index contributed by atoms with van der Waals surface area (Å²) in [6.07, 6.45) is 3.16. The number of benzene rings is 1. The normalized spacial score (nSPS) is 13.4. The number of nitrogens with zero attached hydrogens (tertiary/aromatic N) is 2. The highest BCUT2D eigenvalue weighted by Crippen LogP contribution is 2.19. The molecule has 2 N–H and O–H groups in total. The van der Waals surface area contributed by atoms with Gasteiger partial charge in [0.2, 0.25) is 0 Å². The number of aliphatic imine (C=N–C) groups is 1. The molecule has 0 heterocycles. The van der Waals surface area contributed by atoms with Gasteiger partial charge in [-0.15, -0.1) is 24.0 Å². The molecule has 0 fully saturated rings. The smallest absolute Gasteiger partial charge is 0.191 e. The Morgan fingerprint density at radius 1 is 1.21 bits per heavy atom. The fourth-order valence-corrected chi connectivity index (χ4v) is 2.34. The molecule has 0 spiro atoms. The summed E-state index contributed by atoms with van der Waals surface area (Å²) >= 11 is 1.86. The van der Waals surface area contributed by atoms with Crippen LogP contribution in [-0.2, 0) is 6.42 Å². The second-order valence-electron chi connectivity index (χ2n) is 6.58. The molecule has 0 bridgehead atoms. The zero-order valence-corrected chi connectivity index (χ0v) is 18.9. The third kappa shape index (κ3) is 9.13. The van der Waals surface area contributed by atoms with Crippen LogP contribution in [0, 0.1) is 0 Å². The van der Waals surface area contributed by atoms with Crippen molar-refractivity contribution in [1.29, 1.82) is 0 Å². The van der Waals surface area contributed by atoms with Gasteiger partial charge in [0, 0.05) is 30.9 Å². The van der Waals surface area contributed by atoms with E-state index in [2.05, 4.69) is 85.1 Å². The molecule has 0 saturated carbocycles. The van der Waals surface area contributed by atoms with Gasteiger partial charge >= 0.3 is 0 Å². The summed E-state index contributed by atoms with van der Waals surface area (Å²) in [7, 11) is 6.08. The molecule has 1 atom stereocenters. The average Bonchev–Trinajstić information content (AvgIpc) is 2.54. The predicted molar refractivity (Wildman–Crippen MR) is 120 cm³/mol. The molecule has 0 aliphatic heterocycles. The third-order valence-electron chi connectivity index (χ3n) is 4.01. The lowest BCUT2D eigenvalue weighted by atomic mass is 10.1. The van der Waals surface area contributed by atoms with Gasteiger partial charge in [0.05, 0.1) is 0 Å². The summed E-state index contributed by atoms with van der Waals surface area (Å²) in [5.41, 5.74) is 1.36. The van der Waals surface area contributed by atoms with Crippen molar-refractivity contribution < 1.29 is 0 Å². The van der Waals surface area contributed by atoms with Crippen LogP contribution in [-0.4, -0.2) is 62.1 Å². The van der Waals surface area contributed by atoms with E-state index in [9.17, 15) is 0 Å². The minimum absolute atomic E-state index is 0. The molecule has 0 amide bonds.